The molecule has 3 nitrogen and oxygen atoms in total. The monoisotopic (exact) mass is 122 g/mol. The quantitative estimate of drug-likeness (QED) is 0.274. The van der Waals surface area contributed by atoms with E-state index in [0.717, 1.165) is 25.9 Å². The molecule has 1 fully saturated rings. The van der Waals surface area contributed by atoms with Gasteiger partial charge < -0.3 is 16.9 Å². The van der Waals surface area contributed by atoms with Gasteiger partial charge in [-0.25, -0.2) is 0 Å². The summed E-state index contributed by atoms with van der Waals surface area (Å²) in [6.45, 7) is 2.66. The summed E-state index contributed by atoms with van der Waals surface area (Å²) in [4.78, 5) is 10.1. The Balaban J connectivity index is 0. The SMILES string of the molecule is O=CC1CNCCN1.[H-].[Li+]. The summed E-state index contributed by atoms with van der Waals surface area (Å²) in [6.07, 6.45) is 0.937. The number of hydrogen-bond donors (Lipinski definition) is 2. The van der Waals surface area contributed by atoms with E-state index in [0.29, 0.717) is 0 Å². The minimum absolute atomic E-state index is 0. The molecule has 0 amide bonds. The average molecular weight is 122 g/mol. The molecule has 4 heteroatoms. The van der Waals surface area contributed by atoms with E-state index in [9.17, 15) is 4.79 Å². The Morgan fingerprint density at radius 1 is 1.56 bits per heavy atom. The van der Waals surface area contributed by atoms with E-state index in [2.05, 4.69) is 10.6 Å². The Labute approximate surface area is 68.2 Å². The van der Waals surface area contributed by atoms with Gasteiger partial charge in [0, 0.05) is 19.6 Å². The van der Waals surface area contributed by atoms with Gasteiger partial charge in [-0.05, 0) is 0 Å². The molecule has 1 rings (SSSR count). The summed E-state index contributed by atoms with van der Waals surface area (Å²) in [5.41, 5.74) is 0. The average Bonchev–Trinajstić information content (AvgIpc) is 1.90. The van der Waals surface area contributed by atoms with Crippen LogP contribution in [0.2, 0.25) is 0 Å². The van der Waals surface area contributed by atoms with Gasteiger partial charge in [-0.2, -0.15) is 0 Å². The molecule has 48 valence electrons. The number of piperazine rings is 1. The van der Waals surface area contributed by atoms with Crippen molar-refractivity contribution in [1.82, 2.24) is 10.6 Å². The number of rotatable bonds is 1. The molecule has 0 radical (unpaired) electrons. The summed E-state index contributed by atoms with van der Waals surface area (Å²) in [5, 5.41) is 6.13. The molecule has 0 aliphatic carbocycles. The zero-order valence-electron chi connectivity index (χ0n) is 6.68. The third-order valence-corrected chi connectivity index (χ3v) is 1.24. The molecular weight excluding hydrogens is 111 g/mol. The number of nitrogens with one attached hydrogen (secondary N) is 2. The van der Waals surface area contributed by atoms with E-state index in [4.69, 9.17) is 0 Å². The Hall–Kier alpha value is 0.187. The van der Waals surface area contributed by atoms with Gasteiger partial charge in [0.25, 0.3) is 0 Å². The zero-order valence-corrected chi connectivity index (χ0v) is 5.68. The molecule has 1 aliphatic rings. The maximum atomic E-state index is 10.1. The molecule has 1 aliphatic heterocycles. The molecule has 1 atom stereocenters. The maximum absolute atomic E-state index is 10.1. The molecule has 9 heavy (non-hydrogen) atoms. The molecule has 0 spiro atoms. The van der Waals surface area contributed by atoms with E-state index in [1.165, 1.54) is 0 Å². The number of aldehydes is 1. The Bertz CT molecular complexity index is 87.7. The molecule has 0 aromatic carbocycles. The largest absolute Gasteiger partial charge is 1.00 e. The molecular formula is C5H11LiN2O. The van der Waals surface area contributed by atoms with E-state index in [1.807, 2.05) is 0 Å². The number of carbonyl (C=O) groups excluding carboxylic acids is 1. The van der Waals surface area contributed by atoms with Crippen LogP contribution in [-0.4, -0.2) is 32.0 Å². The van der Waals surface area contributed by atoms with Crippen molar-refractivity contribution in [3.8, 4) is 0 Å². The fraction of sp³-hybridized carbons (Fsp3) is 0.800. The van der Waals surface area contributed by atoms with Crippen molar-refractivity contribution >= 4 is 6.29 Å². The van der Waals surface area contributed by atoms with Crippen LogP contribution in [0, 0.1) is 0 Å². The molecule has 1 heterocycles. The van der Waals surface area contributed by atoms with Crippen LogP contribution < -0.4 is 29.5 Å². The van der Waals surface area contributed by atoms with Crippen LogP contribution in [0.4, 0.5) is 0 Å². The molecule has 0 aromatic heterocycles. The van der Waals surface area contributed by atoms with Gasteiger partial charge in [0.05, 0.1) is 6.04 Å². The third kappa shape index (κ3) is 3.02. The summed E-state index contributed by atoms with van der Waals surface area (Å²) in [5.74, 6) is 0. The smallest absolute Gasteiger partial charge is 1.00 e. The molecule has 0 saturated carbocycles. The fourth-order valence-electron chi connectivity index (χ4n) is 0.772. The van der Waals surface area contributed by atoms with Gasteiger partial charge in [-0.1, -0.05) is 0 Å². The summed E-state index contributed by atoms with van der Waals surface area (Å²) in [6, 6.07) is 0.0451. The maximum Gasteiger partial charge on any atom is 1.00 e. The van der Waals surface area contributed by atoms with E-state index in [1.54, 1.807) is 0 Å². The van der Waals surface area contributed by atoms with Crippen molar-refractivity contribution in [3.63, 3.8) is 0 Å². The van der Waals surface area contributed by atoms with Crippen molar-refractivity contribution in [2.75, 3.05) is 19.6 Å². The first kappa shape index (κ1) is 9.19. The fourth-order valence-corrected chi connectivity index (χ4v) is 0.772. The van der Waals surface area contributed by atoms with E-state index >= 15 is 0 Å². The predicted molar refractivity (Wildman–Crippen MR) is 31.8 cm³/mol. The first-order chi connectivity index (χ1) is 3.93. The topological polar surface area (TPSA) is 41.1 Å². The minimum Gasteiger partial charge on any atom is -1.00 e. The standard InChI is InChI=1S/C5H10N2O.Li.H/c8-4-5-3-6-1-2-7-5;;/h4-7H,1-3H2;;/q;+1;-1. The first-order valence-electron chi connectivity index (χ1n) is 2.83. The van der Waals surface area contributed by atoms with Crippen LogP contribution in [0.1, 0.15) is 1.43 Å². The summed E-state index contributed by atoms with van der Waals surface area (Å²) < 4.78 is 0. The van der Waals surface area contributed by atoms with Crippen LogP contribution in [0.5, 0.6) is 0 Å². The second-order valence-electron chi connectivity index (χ2n) is 1.90. The van der Waals surface area contributed by atoms with E-state index < -0.39 is 0 Å². The molecule has 0 bridgehead atoms. The zero-order chi connectivity index (χ0) is 5.82. The summed E-state index contributed by atoms with van der Waals surface area (Å²) >= 11 is 0. The van der Waals surface area contributed by atoms with Crippen LogP contribution >= 0.6 is 0 Å². The Kier molecular flexibility index (Phi) is 5.12. The van der Waals surface area contributed by atoms with Gasteiger partial charge >= 0.3 is 18.9 Å². The van der Waals surface area contributed by atoms with Gasteiger partial charge in [0.2, 0.25) is 0 Å². The Morgan fingerprint density at radius 3 is 2.67 bits per heavy atom. The van der Waals surface area contributed by atoms with Gasteiger partial charge in [-0.15, -0.1) is 0 Å². The second kappa shape index (κ2) is 5.01. The third-order valence-electron chi connectivity index (χ3n) is 1.24. The van der Waals surface area contributed by atoms with Crippen LogP contribution in [0.3, 0.4) is 0 Å². The van der Waals surface area contributed by atoms with Crippen molar-refractivity contribution in [1.29, 1.82) is 0 Å². The molecule has 1 saturated heterocycles. The first-order valence-corrected chi connectivity index (χ1v) is 2.83. The van der Waals surface area contributed by atoms with E-state index in [-0.39, 0.29) is 26.3 Å². The van der Waals surface area contributed by atoms with Crippen molar-refractivity contribution in [2.45, 2.75) is 6.04 Å². The number of hydrogen-bond acceptors (Lipinski definition) is 3. The minimum atomic E-state index is 0. The predicted octanol–water partition coefficient (Wildman–Crippen LogP) is -4.14. The second-order valence-corrected chi connectivity index (χ2v) is 1.90. The molecule has 2 N–H and O–H groups in total. The normalized spacial score (nSPS) is 26.4. The van der Waals surface area contributed by atoms with Crippen LogP contribution in [-0.2, 0) is 4.79 Å². The summed E-state index contributed by atoms with van der Waals surface area (Å²) in [7, 11) is 0. The van der Waals surface area contributed by atoms with Crippen molar-refractivity contribution in [2.24, 2.45) is 0 Å². The van der Waals surface area contributed by atoms with Crippen LogP contribution in [0.25, 0.3) is 0 Å². The van der Waals surface area contributed by atoms with Crippen LogP contribution in [0.15, 0.2) is 0 Å². The van der Waals surface area contributed by atoms with Gasteiger partial charge in [0.15, 0.2) is 0 Å². The number of carbonyl (C=O) groups is 1. The van der Waals surface area contributed by atoms with Gasteiger partial charge in [-0.3, -0.25) is 0 Å². The van der Waals surface area contributed by atoms with Crippen molar-refractivity contribution in [3.05, 3.63) is 0 Å². The Morgan fingerprint density at radius 2 is 2.33 bits per heavy atom. The molecule has 0 aromatic rings. The van der Waals surface area contributed by atoms with Gasteiger partial charge in [0.1, 0.15) is 6.29 Å². The van der Waals surface area contributed by atoms with Crippen molar-refractivity contribution < 1.29 is 25.1 Å². The molecule has 1 unspecified atom stereocenters.